The fourth-order valence-electron chi connectivity index (χ4n) is 1.97. The van der Waals surface area contributed by atoms with Crippen LogP contribution in [0.15, 0.2) is 42.5 Å². The average Bonchev–Trinajstić information content (AvgIpc) is 2.41. The minimum atomic E-state index is -1.04. The van der Waals surface area contributed by atoms with Gasteiger partial charge >= 0.3 is 0 Å². The van der Waals surface area contributed by atoms with Gasteiger partial charge in [-0.3, -0.25) is 4.79 Å². The molecule has 2 rings (SSSR count). The maximum atomic E-state index is 13.0. The van der Waals surface area contributed by atoms with Crippen LogP contribution in [0.3, 0.4) is 0 Å². The maximum absolute atomic E-state index is 13.0. The quantitative estimate of drug-likeness (QED) is 0.791. The first-order chi connectivity index (χ1) is 9.52. The van der Waals surface area contributed by atoms with Crippen molar-refractivity contribution in [2.45, 2.75) is 12.8 Å². The minimum Gasteiger partial charge on any atom is -0.292 e. The van der Waals surface area contributed by atoms with Crippen LogP contribution in [0.1, 0.15) is 27.4 Å². The molecule has 0 N–H and O–H groups in total. The highest BCUT2D eigenvalue weighted by atomic mass is 35.5. The summed E-state index contributed by atoms with van der Waals surface area (Å²) in [4.78, 5) is 12.4. The van der Waals surface area contributed by atoms with Gasteiger partial charge in [0.15, 0.2) is 5.78 Å². The smallest absolute Gasteiger partial charge is 0.184 e. The molecule has 0 aromatic heterocycles. The molecule has 0 fully saturated rings. The van der Waals surface area contributed by atoms with Gasteiger partial charge in [0.2, 0.25) is 0 Å². The van der Waals surface area contributed by atoms with E-state index in [0.717, 1.165) is 11.6 Å². The predicted octanol–water partition coefficient (Wildman–Crippen LogP) is 4.28. The molecule has 4 heteroatoms. The zero-order valence-electron chi connectivity index (χ0n) is 10.7. The topological polar surface area (TPSA) is 40.9 Å². The molecule has 0 saturated heterocycles. The molecule has 0 heterocycles. The van der Waals surface area contributed by atoms with Crippen LogP contribution in [0.5, 0.6) is 0 Å². The number of Topliss-reactive ketones (excluding diaryl/α,β-unsaturated/α-hetero) is 1. The highest BCUT2D eigenvalue weighted by Crippen LogP contribution is 2.28. The van der Waals surface area contributed by atoms with E-state index in [0.29, 0.717) is 11.1 Å². The van der Waals surface area contributed by atoms with Gasteiger partial charge in [0.05, 0.1) is 6.07 Å². The molecule has 2 aromatic rings. The van der Waals surface area contributed by atoms with E-state index in [1.807, 2.05) is 19.1 Å². The molecule has 1 atom stereocenters. The summed E-state index contributed by atoms with van der Waals surface area (Å²) in [5.74, 6) is -1.88. The van der Waals surface area contributed by atoms with Crippen LogP contribution in [-0.4, -0.2) is 5.78 Å². The summed E-state index contributed by atoms with van der Waals surface area (Å²) in [6.45, 7) is 1.86. The van der Waals surface area contributed by atoms with Gasteiger partial charge in [-0.05, 0) is 30.7 Å². The zero-order chi connectivity index (χ0) is 14.7. The van der Waals surface area contributed by atoms with Crippen molar-refractivity contribution in [3.8, 4) is 6.07 Å². The fraction of sp³-hybridized carbons (Fsp3) is 0.125. The second-order valence-electron chi connectivity index (χ2n) is 4.46. The molecular weight excluding hydrogens is 277 g/mol. The normalized spacial score (nSPS) is 11.7. The Hall–Kier alpha value is -2.18. The molecule has 2 aromatic carbocycles. The standard InChI is InChI=1S/C16H11ClFNO/c1-10-3-2-4-11(7-10)16(20)14(9-19)13-6-5-12(18)8-15(13)17/h2-8,14H,1H3. The van der Waals surface area contributed by atoms with Crippen molar-refractivity contribution in [2.75, 3.05) is 0 Å². The molecule has 0 bridgehead atoms. The van der Waals surface area contributed by atoms with E-state index in [1.54, 1.807) is 18.2 Å². The molecule has 0 spiro atoms. The molecule has 0 saturated carbocycles. The van der Waals surface area contributed by atoms with Crippen LogP contribution in [0, 0.1) is 24.1 Å². The Bertz CT molecular complexity index is 706. The number of nitriles is 1. The Balaban J connectivity index is 2.43. The van der Waals surface area contributed by atoms with Crippen molar-refractivity contribution in [3.05, 3.63) is 70.0 Å². The summed E-state index contributed by atoms with van der Waals surface area (Å²) < 4.78 is 13.0. The van der Waals surface area contributed by atoms with Gasteiger partial charge in [0.25, 0.3) is 0 Å². The minimum absolute atomic E-state index is 0.0811. The van der Waals surface area contributed by atoms with Gasteiger partial charge in [0.1, 0.15) is 11.7 Å². The number of halogens is 2. The lowest BCUT2D eigenvalue weighted by molar-refractivity contribution is 0.0978. The number of hydrogen-bond donors (Lipinski definition) is 0. The number of benzene rings is 2. The Morgan fingerprint density at radius 2 is 2.05 bits per heavy atom. The van der Waals surface area contributed by atoms with Crippen molar-refractivity contribution in [1.29, 1.82) is 5.26 Å². The van der Waals surface area contributed by atoms with Crippen LogP contribution in [0.4, 0.5) is 4.39 Å². The number of ketones is 1. The van der Waals surface area contributed by atoms with Gasteiger partial charge in [-0.15, -0.1) is 0 Å². The maximum Gasteiger partial charge on any atom is 0.184 e. The monoisotopic (exact) mass is 287 g/mol. The first kappa shape index (κ1) is 14.2. The van der Waals surface area contributed by atoms with Gasteiger partial charge in [0, 0.05) is 10.6 Å². The molecule has 1 unspecified atom stereocenters. The third-order valence-electron chi connectivity index (χ3n) is 2.97. The zero-order valence-corrected chi connectivity index (χ0v) is 11.5. The van der Waals surface area contributed by atoms with Gasteiger partial charge < -0.3 is 0 Å². The average molecular weight is 288 g/mol. The van der Waals surface area contributed by atoms with Crippen molar-refractivity contribution < 1.29 is 9.18 Å². The van der Waals surface area contributed by atoms with Gasteiger partial charge in [-0.1, -0.05) is 41.4 Å². The van der Waals surface area contributed by atoms with Crippen molar-refractivity contribution in [3.63, 3.8) is 0 Å². The van der Waals surface area contributed by atoms with Crippen molar-refractivity contribution in [1.82, 2.24) is 0 Å². The van der Waals surface area contributed by atoms with E-state index in [4.69, 9.17) is 11.6 Å². The number of carbonyl (C=O) groups excluding carboxylic acids is 1. The summed E-state index contributed by atoms with van der Waals surface area (Å²) in [6, 6.07) is 12.6. The predicted molar refractivity (Wildman–Crippen MR) is 75.3 cm³/mol. The van der Waals surface area contributed by atoms with Crippen LogP contribution >= 0.6 is 11.6 Å². The third-order valence-corrected chi connectivity index (χ3v) is 3.29. The first-order valence-corrected chi connectivity index (χ1v) is 6.36. The highest BCUT2D eigenvalue weighted by molar-refractivity contribution is 6.31. The van der Waals surface area contributed by atoms with Crippen LogP contribution in [0.25, 0.3) is 0 Å². The molecule has 20 heavy (non-hydrogen) atoms. The second-order valence-corrected chi connectivity index (χ2v) is 4.87. The molecular formula is C16H11ClFNO. The lowest BCUT2D eigenvalue weighted by Crippen LogP contribution is -2.12. The first-order valence-electron chi connectivity index (χ1n) is 5.98. The Kier molecular flexibility index (Phi) is 4.16. The summed E-state index contributed by atoms with van der Waals surface area (Å²) >= 11 is 5.92. The lowest BCUT2D eigenvalue weighted by Gasteiger charge is -2.11. The molecule has 0 amide bonds. The SMILES string of the molecule is Cc1cccc(C(=O)C(C#N)c2ccc(F)cc2Cl)c1. The lowest BCUT2D eigenvalue weighted by atomic mass is 9.91. The number of nitrogens with zero attached hydrogens (tertiary/aromatic N) is 1. The molecule has 100 valence electrons. The summed E-state index contributed by atoms with van der Waals surface area (Å²) in [5, 5.41) is 9.33. The van der Waals surface area contributed by atoms with Gasteiger partial charge in [-0.25, -0.2) is 4.39 Å². The Morgan fingerprint density at radius 1 is 1.30 bits per heavy atom. The van der Waals surface area contributed by atoms with Crippen LogP contribution in [-0.2, 0) is 0 Å². The Morgan fingerprint density at radius 3 is 2.65 bits per heavy atom. The fourth-order valence-corrected chi connectivity index (χ4v) is 2.25. The van der Waals surface area contributed by atoms with E-state index in [2.05, 4.69) is 0 Å². The highest BCUT2D eigenvalue weighted by Gasteiger charge is 2.24. The number of aryl methyl sites for hydroxylation is 1. The van der Waals surface area contributed by atoms with E-state index in [-0.39, 0.29) is 10.8 Å². The van der Waals surface area contributed by atoms with E-state index in [9.17, 15) is 14.4 Å². The van der Waals surface area contributed by atoms with E-state index in [1.165, 1.54) is 12.1 Å². The van der Waals surface area contributed by atoms with Crippen LogP contribution in [0.2, 0.25) is 5.02 Å². The van der Waals surface area contributed by atoms with Crippen molar-refractivity contribution >= 4 is 17.4 Å². The Labute approximate surface area is 121 Å². The molecule has 0 radical (unpaired) electrons. The van der Waals surface area contributed by atoms with E-state index < -0.39 is 11.7 Å². The number of hydrogen-bond acceptors (Lipinski definition) is 2. The van der Waals surface area contributed by atoms with Gasteiger partial charge in [-0.2, -0.15) is 5.26 Å². The van der Waals surface area contributed by atoms with Crippen molar-refractivity contribution in [2.24, 2.45) is 0 Å². The van der Waals surface area contributed by atoms with Crippen LogP contribution < -0.4 is 0 Å². The summed E-state index contributed by atoms with van der Waals surface area (Å²) in [6.07, 6.45) is 0. The van der Waals surface area contributed by atoms with E-state index >= 15 is 0 Å². The molecule has 0 aliphatic carbocycles. The number of rotatable bonds is 3. The number of carbonyl (C=O) groups is 1. The third kappa shape index (κ3) is 2.87. The second kappa shape index (κ2) is 5.85. The molecule has 0 aliphatic heterocycles. The largest absolute Gasteiger partial charge is 0.292 e. The summed E-state index contributed by atoms with van der Waals surface area (Å²) in [5.41, 5.74) is 1.69. The molecule has 2 nitrogen and oxygen atoms in total. The molecule has 0 aliphatic rings. The summed E-state index contributed by atoms with van der Waals surface area (Å²) in [7, 11) is 0.